The fourth-order valence-corrected chi connectivity index (χ4v) is 5.36. The van der Waals surface area contributed by atoms with Crippen LogP contribution in [0.25, 0.3) is 0 Å². The number of amides is 1. The zero-order chi connectivity index (χ0) is 22.6. The van der Waals surface area contributed by atoms with Crippen molar-refractivity contribution in [2.75, 3.05) is 69.2 Å². The summed E-state index contributed by atoms with van der Waals surface area (Å²) in [6.07, 6.45) is 1.77. The molecule has 2 aromatic rings. The largest absolute Gasteiger partial charge is 0.379 e. The fourth-order valence-electron chi connectivity index (χ4n) is 3.77. The van der Waals surface area contributed by atoms with Crippen LogP contribution in [0.2, 0.25) is 5.02 Å². The van der Waals surface area contributed by atoms with Crippen LogP contribution < -0.4 is 10.2 Å². The van der Waals surface area contributed by atoms with E-state index < -0.39 is 10.0 Å². The summed E-state index contributed by atoms with van der Waals surface area (Å²) in [5.74, 6) is 0.695. The number of rotatable bonds is 6. The van der Waals surface area contributed by atoms with Crippen molar-refractivity contribution in [1.82, 2.24) is 14.2 Å². The number of sulfonamides is 1. The molecule has 2 aliphatic heterocycles. The first kappa shape index (κ1) is 22.9. The molecule has 0 saturated carbocycles. The Kier molecular flexibility index (Phi) is 7.27. The van der Waals surface area contributed by atoms with Crippen molar-refractivity contribution in [2.24, 2.45) is 0 Å². The average Bonchev–Trinajstić information content (AvgIpc) is 2.82. The number of anilines is 2. The number of morpholine rings is 1. The highest BCUT2D eigenvalue weighted by molar-refractivity contribution is 7.89. The van der Waals surface area contributed by atoms with E-state index in [4.69, 9.17) is 16.3 Å². The second-order valence-corrected chi connectivity index (χ2v) is 10.0. The highest BCUT2D eigenvalue weighted by Gasteiger charge is 2.27. The second-order valence-electron chi connectivity index (χ2n) is 7.66. The summed E-state index contributed by atoms with van der Waals surface area (Å²) in [5.41, 5.74) is 0.290. The maximum Gasteiger partial charge on any atom is 0.243 e. The summed E-state index contributed by atoms with van der Waals surface area (Å²) in [4.78, 5) is 21.3. The first-order valence-electron chi connectivity index (χ1n) is 10.5. The predicted octanol–water partition coefficient (Wildman–Crippen LogP) is 1.52. The Morgan fingerprint density at radius 3 is 2.50 bits per heavy atom. The Balaban J connectivity index is 1.36. The smallest absolute Gasteiger partial charge is 0.243 e. The molecule has 1 N–H and O–H groups in total. The van der Waals surface area contributed by atoms with Crippen LogP contribution in [-0.4, -0.2) is 87.5 Å². The monoisotopic (exact) mass is 479 g/mol. The topological polar surface area (TPSA) is 95.1 Å². The summed E-state index contributed by atoms with van der Waals surface area (Å²) in [5, 5.41) is 3.06. The Bertz CT molecular complexity index is 1040. The molecule has 0 unspecified atom stereocenters. The number of piperazine rings is 1. The van der Waals surface area contributed by atoms with Crippen molar-refractivity contribution in [2.45, 2.75) is 4.90 Å². The first-order valence-corrected chi connectivity index (χ1v) is 12.3. The van der Waals surface area contributed by atoms with Crippen LogP contribution in [0.15, 0.2) is 47.5 Å². The van der Waals surface area contributed by atoms with Gasteiger partial charge in [0.1, 0.15) is 5.82 Å². The Labute approximate surface area is 193 Å². The molecule has 1 aromatic carbocycles. The molecule has 0 radical (unpaired) electrons. The lowest BCUT2D eigenvalue weighted by atomic mass is 10.3. The molecule has 2 fully saturated rings. The standard InChI is InChI=1S/C21H26ClN5O4S/c22-18-5-4-17(32(29,30)27-11-13-31-14-12-27)15-19(18)24-21(28)16-25-7-9-26(10-8-25)20-3-1-2-6-23-20/h1-6,15H,7-14,16H2,(H,24,28). The lowest BCUT2D eigenvalue weighted by molar-refractivity contribution is -0.117. The molecular weight excluding hydrogens is 454 g/mol. The maximum absolute atomic E-state index is 12.9. The van der Waals surface area contributed by atoms with Crippen molar-refractivity contribution >= 4 is 39.0 Å². The van der Waals surface area contributed by atoms with E-state index >= 15 is 0 Å². The molecule has 0 atom stereocenters. The maximum atomic E-state index is 12.9. The number of carbonyl (C=O) groups is 1. The normalized spacial score (nSPS) is 18.5. The van der Waals surface area contributed by atoms with E-state index in [0.717, 1.165) is 32.0 Å². The lowest BCUT2D eigenvalue weighted by Gasteiger charge is -2.35. The highest BCUT2D eigenvalue weighted by Crippen LogP contribution is 2.27. The van der Waals surface area contributed by atoms with E-state index in [1.54, 1.807) is 6.20 Å². The molecule has 0 aliphatic carbocycles. The van der Waals surface area contributed by atoms with Gasteiger partial charge in [-0.1, -0.05) is 17.7 Å². The van der Waals surface area contributed by atoms with Crippen LogP contribution >= 0.6 is 11.6 Å². The third-order valence-corrected chi connectivity index (χ3v) is 7.76. The number of pyridine rings is 1. The summed E-state index contributed by atoms with van der Waals surface area (Å²) in [6.45, 7) is 4.54. The van der Waals surface area contributed by atoms with Crippen molar-refractivity contribution in [3.63, 3.8) is 0 Å². The number of nitrogens with zero attached hydrogens (tertiary/aromatic N) is 4. The van der Waals surface area contributed by atoms with Gasteiger partial charge >= 0.3 is 0 Å². The molecule has 2 aliphatic rings. The number of nitrogens with one attached hydrogen (secondary N) is 1. The lowest BCUT2D eigenvalue weighted by Crippen LogP contribution is -2.48. The van der Waals surface area contributed by atoms with Crippen LogP contribution in [0.1, 0.15) is 0 Å². The van der Waals surface area contributed by atoms with Crippen molar-refractivity contribution < 1.29 is 17.9 Å². The van der Waals surface area contributed by atoms with Gasteiger partial charge in [-0.2, -0.15) is 4.31 Å². The molecule has 0 bridgehead atoms. The number of ether oxygens (including phenoxy) is 1. The molecule has 172 valence electrons. The highest BCUT2D eigenvalue weighted by atomic mass is 35.5. The van der Waals surface area contributed by atoms with Crippen LogP contribution in [-0.2, 0) is 19.6 Å². The fraction of sp³-hybridized carbons (Fsp3) is 0.429. The predicted molar refractivity (Wildman–Crippen MR) is 123 cm³/mol. The number of halogens is 1. The third-order valence-electron chi connectivity index (χ3n) is 5.53. The quantitative estimate of drug-likeness (QED) is 0.671. The minimum absolute atomic E-state index is 0.100. The van der Waals surface area contributed by atoms with E-state index in [1.165, 1.54) is 22.5 Å². The SMILES string of the molecule is O=C(CN1CCN(c2ccccn2)CC1)Nc1cc(S(=O)(=O)N2CCOCC2)ccc1Cl. The van der Waals surface area contributed by atoms with E-state index in [9.17, 15) is 13.2 Å². The van der Waals surface area contributed by atoms with Gasteiger partial charge in [-0.05, 0) is 30.3 Å². The number of aromatic nitrogens is 1. The number of carbonyl (C=O) groups excluding carboxylic acids is 1. The molecule has 3 heterocycles. The second kappa shape index (κ2) is 10.1. The van der Waals surface area contributed by atoms with Gasteiger partial charge in [-0.25, -0.2) is 13.4 Å². The van der Waals surface area contributed by atoms with E-state index in [1.807, 2.05) is 18.2 Å². The molecule has 1 aromatic heterocycles. The molecule has 2 saturated heterocycles. The van der Waals surface area contributed by atoms with Gasteiger partial charge in [0.05, 0.1) is 35.4 Å². The van der Waals surface area contributed by atoms with Crippen LogP contribution in [0.3, 0.4) is 0 Å². The molecular formula is C21H26ClN5O4S. The van der Waals surface area contributed by atoms with Crippen molar-refractivity contribution in [1.29, 1.82) is 0 Å². The van der Waals surface area contributed by atoms with Crippen LogP contribution in [0.5, 0.6) is 0 Å². The minimum atomic E-state index is -3.68. The number of hydrogen-bond donors (Lipinski definition) is 1. The number of hydrogen-bond acceptors (Lipinski definition) is 7. The van der Waals surface area contributed by atoms with Crippen LogP contribution in [0, 0.1) is 0 Å². The van der Waals surface area contributed by atoms with Gasteiger partial charge in [-0.15, -0.1) is 0 Å². The molecule has 9 nitrogen and oxygen atoms in total. The molecule has 0 spiro atoms. The van der Waals surface area contributed by atoms with Gasteiger partial charge in [0.2, 0.25) is 15.9 Å². The first-order chi connectivity index (χ1) is 15.4. The summed E-state index contributed by atoms with van der Waals surface area (Å²) >= 11 is 6.24. The Hall–Kier alpha value is -2.24. The zero-order valence-corrected chi connectivity index (χ0v) is 19.2. The summed E-state index contributed by atoms with van der Waals surface area (Å²) in [6, 6.07) is 10.2. The summed E-state index contributed by atoms with van der Waals surface area (Å²) < 4.78 is 32.4. The zero-order valence-electron chi connectivity index (χ0n) is 17.6. The Morgan fingerprint density at radius 1 is 1.06 bits per heavy atom. The Morgan fingerprint density at radius 2 is 1.81 bits per heavy atom. The van der Waals surface area contributed by atoms with E-state index in [-0.39, 0.29) is 23.0 Å². The van der Waals surface area contributed by atoms with Gasteiger partial charge in [0.25, 0.3) is 0 Å². The van der Waals surface area contributed by atoms with Gasteiger partial charge in [0, 0.05) is 45.5 Å². The van der Waals surface area contributed by atoms with Crippen LogP contribution in [0.4, 0.5) is 11.5 Å². The van der Waals surface area contributed by atoms with Gasteiger partial charge in [0.15, 0.2) is 0 Å². The molecule has 1 amide bonds. The van der Waals surface area contributed by atoms with Gasteiger partial charge in [-0.3, -0.25) is 9.69 Å². The third kappa shape index (κ3) is 5.38. The van der Waals surface area contributed by atoms with E-state index in [2.05, 4.69) is 20.1 Å². The molecule has 32 heavy (non-hydrogen) atoms. The average molecular weight is 480 g/mol. The number of benzene rings is 1. The summed E-state index contributed by atoms with van der Waals surface area (Å²) in [7, 11) is -3.68. The van der Waals surface area contributed by atoms with Crippen molar-refractivity contribution in [3.05, 3.63) is 47.6 Å². The van der Waals surface area contributed by atoms with Crippen molar-refractivity contribution in [3.8, 4) is 0 Å². The molecule has 4 rings (SSSR count). The minimum Gasteiger partial charge on any atom is -0.379 e. The van der Waals surface area contributed by atoms with E-state index in [0.29, 0.717) is 31.3 Å². The van der Waals surface area contributed by atoms with Gasteiger partial charge < -0.3 is 15.0 Å². The molecule has 11 heteroatoms.